The number of nitrogens with zero attached hydrogens (tertiary/aromatic N) is 2. The molecule has 1 atom stereocenters. The van der Waals surface area contributed by atoms with Crippen LogP contribution in [-0.2, 0) is 15.9 Å². The summed E-state index contributed by atoms with van der Waals surface area (Å²) in [5.74, 6) is 0.717. The summed E-state index contributed by atoms with van der Waals surface area (Å²) in [6.45, 7) is 4.73. The molecule has 1 saturated heterocycles. The monoisotopic (exact) mass is 296 g/mol. The molecular formula is C14H24N4O3. The van der Waals surface area contributed by atoms with Gasteiger partial charge in [-0.3, -0.25) is 9.89 Å². The molecule has 118 valence electrons. The van der Waals surface area contributed by atoms with Crippen LogP contribution in [0.25, 0.3) is 0 Å². The molecule has 1 aromatic rings. The molecule has 7 heteroatoms. The molecule has 0 radical (unpaired) electrons. The van der Waals surface area contributed by atoms with E-state index in [1.165, 1.54) is 0 Å². The summed E-state index contributed by atoms with van der Waals surface area (Å²) < 4.78 is 11.0. The number of aromatic amines is 1. The molecule has 1 aliphatic heterocycles. The van der Waals surface area contributed by atoms with Crippen molar-refractivity contribution in [2.45, 2.75) is 45.1 Å². The van der Waals surface area contributed by atoms with E-state index in [2.05, 4.69) is 27.4 Å². The number of H-pyrrole nitrogens is 1. The lowest BCUT2D eigenvalue weighted by atomic mass is 10.2. The summed E-state index contributed by atoms with van der Waals surface area (Å²) in [7, 11) is 0. The van der Waals surface area contributed by atoms with Gasteiger partial charge in [-0.05, 0) is 25.7 Å². The van der Waals surface area contributed by atoms with Crippen LogP contribution in [0.4, 0.5) is 0 Å². The zero-order valence-corrected chi connectivity index (χ0v) is 12.6. The van der Waals surface area contributed by atoms with E-state index in [4.69, 9.17) is 9.47 Å². The first kappa shape index (κ1) is 15.9. The van der Waals surface area contributed by atoms with Crippen LogP contribution in [-0.4, -0.2) is 53.6 Å². The van der Waals surface area contributed by atoms with E-state index in [1.54, 1.807) is 0 Å². The van der Waals surface area contributed by atoms with Gasteiger partial charge < -0.3 is 14.8 Å². The van der Waals surface area contributed by atoms with E-state index in [-0.39, 0.29) is 17.8 Å². The SMILES string of the molecule is CCCc1nc(C(=O)NCCCOCC2CCCO2)n[nH]1. The van der Waals surface area contributed by atoms with Crippen molar-refractivity contribution >= 4 is 5.91 Å². The van der Waals surface area contributed by atoms with E-state index in [0.717, 1.165) is 44.5 Å². The molecule has 7 nitrogen and oxygen atoms in total. The second-order valence-corrected chi connectivity index (χ2v) is 5.18. The fraction of sp³-hybridized carbons (Fsp3) is 0.786. The minimum atomic E-state index is -0.243. The van der Waals surface area contributed by atoms with Crippen molar-refractivity contribution in [2.24, 2.45) is 0 Å². The van der Waals surface area contributed by atoms with Gasteiger partial charge in [-0.2, -0.15) is 0 Å². The first-order chi connectivity index (χ1) is 10.3. The molecule has 1 unspecified atom stereocenters. The summed E-state index contributed by atoms with van der Waals surface area (Å²) in [5, 5.41) is 9.46. The molecule has 2 heterocycles. The van der Waals surface area contributed by atoms with Gasteiger partial charge in [0, 0.05) is 26.2 Å². The molecule has 1 amide bonds. The number of ether oxygens (including phenoxy) is 2. The molecule has 0 saturated carbocycles. The van der Waals surface area contributed by atoms with Gasteiger partial charge in [0.1, 0.15) is 5.82 Å². The molecule has 21 heavy (non-hydrogen) atoms. The van der Waals surface area contributed by atoms with Crippen LogP contribution in [0.15, 0.2) is 0 Å². The number of nitrogens with one attached hydrogen (secondary N) is 2. The molecule has 2 rings (SSSR count). The molecule has 2 N–H and O–H groups in total. The van der Waals surface area contributed by atoms with Gasteiger partial charge in [-0.15, -0.1) is 5.10 Å². The normalized spacial score (nSPS) is 18.0. The third-order valence-electron chi connectivity index (χ3n) is 3.30. The highest BCUT2D eigenvalue weighted by Gasteiger charge is 2.15. The van der Waals surface area contributed by atoms with Crippen LogP contribution in [0.1, 0.15) is 49.1 Å². The van der Waals surface area contributed by atoms with Gasteiger partial charge in [0.05, 0.1) is 12.7 Å². The molecule has 0 bridgehead atoms. The van der Waals surface area contributed by atoms with E-state index >= 15 is 0 Å². The summed E-state index contributed by atoms with van der Waals surface area (Å²) in [6, 6.07) is 0. The van der Waals surface area contributed by atoms with E-state index in [0.29, 0.717) is 19.8 Å². The number of amides is 1. The zero-order valence-electron chi connectivity index (χ0n) is 12.6. The minimum absolute atomic E-state index is 0.207. The summed E-state index contributed by atoms with van der Waals surface area (Å²) >= 11 is 0. The minimum Gasteiger partial charge on any atom is -0.379 e. The van der Waals surface area contributed by atoms with Crippen molar-refractivity contribution in [1.29, 1.82) is 0 Å². The van der Waals surface area contributed by atoms with Gasteiger partial charge >= 0.3 is 0 Å². The maximum atomic E-state index is 11.8. The Morgan fingerprint density at radius 1 is 1.57 bits per heavy atom. The number of hydrogen-bond donors (Lipinski definition) is 2. The number of aromatic nitrogens is 3. The number of rotatable bonds is 9. The van der Waals surface area contributed by atoms with Crippen LogP contribution in [0.3, 0.4) is 0 Å². The Labute approximate surface area is 124 Å². The summed E-state index contributed by atoms with van der Waals surface area (Å²) in [6.07, 6.45) is 5.01. The zero-order chi connectivity index (χ0) is 14.9. The van der Waals surface area contributed by atoms with Crippen molar-refractivity contribution in [2.75, 3.05) is 26.4 Å². The number of aryl methyl sites for hydroxylation is 1. The first-order valence-electron chi connectivity index (χ1n) is 7.68. The Bertz CT molecular complexity index is 430. The van der Waals surface area contributed by atoms with Crippen LogP contribution >= 0.6 is 0 Å². The van der Waals surface area contributed by atoms with Crippen molar-refractivity contribution in [1.82, 2.24) is 20.5 Å². The Morgan fingerprint density at radius 2 is 2.48 bits per heavy atom. The summed E-state index contributed by atoms with van der Waals surface area (Å²) in [4.78, 5) is 15.9. The van der Waals surface area contributed by atoms with E-state index < -0.39 is 0 Å². The topological polar surface area (TPSA) is 89.1 Å². The Morgan fingerprint density at radius 3 is 3.24 bits per heavy atom. The number of carbonyl (C=O) groups is 1. The highest BCUT2D eigenvalue weighted by Crippen LogP contribution is 2.11. The van der Waals surface area contributed by atoms with Crippen molar-refractivity contribution in [3.63, 3.8) is 0 Å². The fourth-order valence-electron chi connectivity index (χ4n) is 2.19. The summed E-state index contributed by atoms with van der Waals surface area (Å²) in [5.41, 5.74) is 0. The Kier molecular flexibility index (Phi) is 6.62. The predicted molar refractivity (Wildman–Crippen MR) is 77.1 cm³/mol. The average Bonchev–Trinajstić information content (AvgIpc) is 3.14. The highest BCUT2D eigenvalue weighted by molar-refractivity contribution is 5.90. The quantitative estimate of drug-likeness (QED) is 0.665. The standard InChI is InChI=1S/C14H24N4O3/c1-2-5-12-16-13(18-17-12)14(19)15-7-4-8-20-10-11-6-3-9-21-11/h11H,2-10H2,1H3,(H,15,19)(H,16,17,18). The van der Waals surface area contributed by atoms with Crippen LogP contribution in [0.2, 0.25) is 0 Å². The molecular weight excluding hydrogens is 272 g/mol. The van der Waals surface area contributed by atoms with Crippen LogP contribution < -0.4 is 5.32 Å². The predicted octanol–water partition coefficient (Wildman–Crippen LogP) is 1.07. The lowest BCUT2D eigenvalue weighted by Gasteiger charge is -2.09. The lowest BCUT2D eigenvalue weighted by Crippen LogP contribution is -2.26. The lowest BCUT2D eigenvalue weighted by molar-refractivity contribution is 0.0166. The Hall–Kier alpha value is -1.47. The van der Waals surface area contributed by atoms with Gasteiger partial charge in [0.2, 0.25) is 5.82 Å². The number of hydrogen-bond acceptors (Lipinski definition) is 5. The smallest absolute Gasteiger partial charge is 0.290 e. The highest BCUT2D eigenvalue weighted by atomic mass is 16.5. The molecule has 0 spiro atoms. The second kappa shape index (κ2) is 8.74. The van der Waals surface area contributed by atoms with Crippen LogP contribution in [0.5, 0.6) is 0 Å². The average molecular weight is 296 g/mol. The maximum Gasteiger partial charge on any atom is 0.290 e. The number of carbonyl (C=O) groups excluding carboxylic acids is 1. The van der Waals surface area contributed by atoms with E-state index in [1.807, 2.05) is 0 Å². The first-order valence-corrected chi connectivity index (χ1v) is 7.68. The van der Waals surface area contributed by atoms with E-state index in [9.17, 15) is 4.79 Å². The third kappa shape index (κ3) is 5.43. The largest absolute Gasteiger partial charge is 0.379 e. The van der Waals surface area contributed by atoms with Crippen molar-refractivity contribution in [3.05, 3.63) is 11.6 Å². The van der Waals surface area contributed by atoms with Gasteiger partial charge in [0.25, 0.3) is 5.91 Å². The Balaban J connectivity index is 1.54. The fourth-order valence-corrected chi connectivity index (χ4v) is 2.19. The second-order valence-electron chi connectivity index (χ2n) is 5.18. The van der Waals surface area contributed by atoms with Crippen LogP contribution in [0, 0.1) is 0 Å². The van der Waals surface area contributed by atoms with Gasteiger partial charge in [-0.1, -0.05) is 6.92 Å². The maximum absolute atomic E-state index is 11.8. The molecule has 1 aliphatic rings. The molecule has 0 aliphatic carbocycles. The molecule has 1 fully saturated rings. The van der Waals surface area contributed by atoms with Crippen molar-refractivity contribution < 1.29 is 14.3 Å². The van der Waals surface area contributed by atoms with Gasteiger partial charge in [-0.25, -0.2) is 4.98 Å². The third-order valence-corrected chi connectivity index (χ3v) is 3.30. The van der Waals surface area contributed by atoms with Crippen molar-refractivity contribution in [3.8, 4) is 0 Å². The van der Waals surface area contributed by atoms with Gasteiger partial charge in [0.15, 0.2) is 0 Å². The molecule has 0 aromatic carbocycles. The molecule has 1 aromatic heterocycles.